The molecule has 0 saturated carbocycles. The van der Waals surface area contributed by atoms with Crippen LogP contribution in [0, 0.1) is 5.92 Å². The average molecular weight is 327 g/mol. The topological polar surface area (TPSA) is 32.7 Å². The van der Waals surface area contributed by atoms with Crippen molar-refractivity contribution in [3.05, 3.63) is 71.3 Å². The Kier molecular flexibility index (Phi) is 7.44. The molecule has 24 heavy (non-hydrogen) atoms. The van der Waals surface area contributed by atoms with Crippen LogP contribution in [0.3, 0.4) is 0 Å². The van der Waals surface area contributed by atoms with E-state index < -0.39 is 0 Å². The van der Waals surface area contributed by atoms with Crippen LogP contribution in [0.2, 0.25) is 0 Å². The van der Waals surface area contributed by atoms with Gasteiger partial charge in [0.25, 0.3) is 0 Å². The van der Waals surface area contributed by atoms with Gasteiger partial charge in [0.05, 0.1) is 13.2 Å². The SMILES string of the molecule is COCc1ccc(CN(Cc2ccccc2)C(CO)C(C)C)cc1. The van der Waals surface area contributed by atoms with E-state index in [9.17, 15) is 5.11 Å². The van der Waals surface area contributed by atoms with E-state index in [4.69, 9.17) is 4.74 Å². The van der Waals surface area contributed by atoms with Gasteiger partial charge in [-0.2, -0.15) is 0 Å². The molecule has 0 aliphatic heterocycles. The van der Waals surface area contributed by atoms with E-state index in [-0.39, 0.29) is 12.6 Å². The summed E-state index contributed by atoms with van der Waals surface area (Å²) in [4.78, 5) is 2.37. The molecule has 1 unspecified atom stereocenters. The van der Waals surface area contributed by atoms with E-state index >= 15 is 0 Å². The summed E-state index contributed by atoms with van der Waals surface area (Å²) in [5.41, 5.74) is 3.70. The number of ether oxygens (including phenoxy) is 1. The third-order valence-electron chi connectivity index (χ3n) is 4.37. The molecule has 0 aliphatic rings. The van der Waals surface area contributed by atoms with Crippen molar-refractivity contribution < 1.29 is 9.84 Å². The maximum absolute atomic E-state index is 9.88. The first kappa shape index (κ1) is 18.7. The zero-order valence-electron chi connectivity index (χ0n) is 15.0. The van der Waals surface area contributed by atoms with Crippen molar-refractivity contribution in [2.75, 3.05) is 13.7 Å². The summed E-state index contributed by atoms with van der Waals surface area (Å²) in [6.07, 6.45) is 0. The molecule has 1 atom stereocenters. The molecule has 2 aromatic rings. The van der Waals surface area contributed by atoms with Crippen LogP contribution in [0.5, 0.6) is 0 Å². The van der Waals surface area contributed by atoms with Crippen molar-refractivity contribution in [1.82, 2.24) is 4.90 Å². The van der Waals surface area contributed by atoms with Crippen LogP contribution in [0.1, 0.15) is 30.5 Å². The highest BCUT2D eigenvalue weighted by atomic mass is 16.5. The van der Waals surface area contributed by atoms with Gasteiger partial charge in [0.1, 0.15) is 0 Å². The first-order chi connectivity index (χ1) is 11.6. The summed E-state index contributed by atoms with van der Waals surface area (Å²) in [7, 11) is 1.71. The average Bonchev–Trinajstić information content (AvgIpc) is 2.58. The van der Waals surface area contributed by atoms with Crippen molar-refractivity contribution in [2.45, 2.75) is 39.6 Å². The number of aliphatic hydroxyl groups is 1. The fourth-order valence-corrected chi connectivity index (χ4v) is 3.00. The Morgan fingerprint density at radius 3 is 1.92 bits per heavy atom. The quantitative estimate of drug-likeness (QED) is 0.759. The molecule has 0 fully saturated rings. The largest absolute Gasteiger partial charge is 0.395 e. The summed E-state index contributed by atoms with van der Waals surface area (Å²) in [6, 6.07) is 19.1. The first-order valence-electron chi connectivity index (χ1n) is 8.59. The van der Waals surface area contributed by atoms with E-state index in [1.165, 1.54) is 16.7 Å². The molecule has 0 saturated heterocycles. The normalized spacial score (nSPS) is 12.8. The number of methoxy groups -OCH3 is 1. The lowest BCUT2D eigenvalue weighted by Gasteiger charge is -2.33. The summed E-state index contributed by atoms with van der Waals surface area (Å²) >= 11 is 0. The van der Waals surface area contributed by atoms with Crippen LogP contribution in [-0.2, 0) is 24.4 Å². The minimum atomic E-state index is 0.142. The van der Waals surface area contributed by atoms with Crippen LogP contribution in [0.4, 0.5) is 0 Å². The van der Waals surface area contributed by atoms with Crippen molar-refractivity contribution >= 4 is 0 Å². The lowest BCUT2D eigenvalue weighted by Crippen LogP contribution is -2.40. The zero-order valence-corrected chi connectivity index (χ0v) is 15.0. The predicted octanol–water partition coefficient (Wildman–Crippen LogP) is 3.85. The van der Waals surface area contributed by atoms with Gasteiger partial charge < -0.3 is 9.84 Å². The van der Waals surface area contributed by atoms with Gasteiger partial charge in [-0.3, -0.25) is 4.90 Å². The van der Waals surface area contributed by atoms with Gasteiger partial charge in [-0.1, -0.05) is 68.4 Å². The minimum Gasteiger partial charge on any atom is -0.395 e. The van der Waals surface area contributed by atoms with Crippen molar-refractivity contribution in [3.8, 4) is 0 Å². The van der Waals surface area contributed by atoms with E-state index in [2.05, 4.69) is 67.3 Å². The minimum absolute atomic E-state index is 0.142. The molecule has 2 aromatic carbocycles. The molecular formula is C21H29NO2. The summed E-state index contributed by atoms with van der Waals surface area (Å²) < 4.78 is 5.17. The van der Waals surface area contributed by atoms with Gasteiger partial charge in [-0.05, 0) is 22.6 Å². The van der Waals surface area contributed by atoms with Gasteiger partial charge in [0, 0.05) is 26.2 Å². The number of nitrogens with zero attached hydrogens (tertiary/aromatic N) is 1. The lowest BCUT2D eigenvalue weighted by molar-refractivity contribution is 0.0784. The molecule has 0 spiro atoms. The molecule has 0 aromatic heterocycles. The number of rotatable bonds is 9. The monoisotopic (exact) mass is 327 g/mol. The van der Waals surface area contributed by atoms with Crippen molar-refractivity contribution in [2.24, 2.45) is 5.92 Å². The fourth-order valence-electron chi connectivity index (χ4n) is 3.00. The van der Waals surface area contributed by atoms with Gasteiger partial charge in [-0.25, -0.2) is 0 Å². The third-order valence-corrected chi connectivity index (χ3v) is 4.37. The zero-order chi connectivity index (χ0) is 17.4. The predicted molar refractivity (Wildman–Crippen MR) is 98.6 cm³/mol. The molecule has 0 aliphatic carbocycles. The van der Waals surface area contributed by atoms with E-state index in [0.717, 1.165) is 13.1 Å². The molecule has 130 valence electrons. The third kappa shape index (κ3) is 5.45. The molecule has 0 bridgehead atoms. The van der Waals surface area contributed by atoms with Crippen molar-refractivity contribution in [1.29, 1.82) is 0 Å². The van der Waals surface area contributed by atoms with Crippen LogP contribution in [0.25, 0.3) is 0 Å². The molecule has 1 N–H and O–H groups in total. The molecular weight excluding hydrogens is 298 g/mol. The van der Waals surface area contributed by atoms with Crippen molar-refractivity contribution in [3.63, 3.8) is 0 Å². The highest BCUT2D eigenvalue weighted by Crippen LogP contribution is 2.18. The van der Waals surface area contributed by atoms with Crippen LogP contribution in [-0.4, -0.2) is 29.8 Å². The Labute approximate surface area is 145 Å². The van der Waals surface area contributed by atoms with Crippen LogP contribution in [0.15, 0.2) is 54.6 Å². The van der Waals surface area contributed by atoms with Crippen LogP contribution < -0.4 is 0 Å². The number of hydrogen-bond acceptors (Lipinski definition) is 3. The molecule has 0 heterocycles. The molecule has 3 nitrogen and oxygen atoms in total. The fraction of sp³-hybridized carbons (Fsp3) is 0.429. The highest BCUT2D eigenvalue weighted by molar-refractivity contribution is 5.22. The first-order valence-corrected chi connectivity index (χ1v) is 8.59. The Morgan fingerprint density at radius 1 is 0.875 bits per heavy atom. The van der Waals surface area contributed by atoms with Crippen LogP contribution >= 0.6 is 0 Å². The summed E-state index contributed by atoms with van der Waals surface area (Å²) in [5, 5.41) is 9.88. The molecule has 0 radical (unpaired) electrons. The number of aliphatic hydroxyl groups excluding tert-OH is 1. The lowest BCUT2D eigenvalue weighted by atomic mass is 10.0. The maximum atomic E-state index is 9.88. The Morgan fingerprint density at radius 2 is 1.42 bits per heavy atom. The van der Waals surface area contributed by atoms with E-state index in [0.29, 0.717) is 12.5 Å². The smallest absolute Gasteiger partial charge is 0.0713 e. The summed E-state index contributed by atoms with van der Waals surface area (Å²) in [6.45, 7) is 6.81. The number of hydrogen-bond donors (Lipinski definition) is 1. The Bertz CT molecular complexity index is 581. The Balaban J connectivity index is 2.15. The maximum Gasteiger partial charge on any atom is 0.0713 e. The molecule has 2 rings (SSSR count). The molecule has 3 heteroatoms. The Hall–Kier alpha value is -1.68. The highest BCUT2D eigenvalue weighted by Gasteiger charge is 2.21. The second kappa shape index (κ2) is 9.58. The van der Waals surface area contributed by atoms with Gasteiger partial charge >= 0.3 is 0 Å². The standard InChI is InChI=1S/C21H29NO2/c1-17(2)21(15-23)22(13-18-7-5-4-6-8-18)14-19-9-11-20(12-10-19)16-24-3/h4-12,17,21,23H,13-16H2,1-3H3. The second-order valence-corrected chi connectivity index (χ2v) is 6.63. The van der Waals surface area contributed by atoms with Gasteiger partial charge in [-0.15, -0.1) is 0 Å². The molecule has 0 amide bonds. The summed E-state index contributed by atoms with van der Waals surface area (Å²) in [5.74, 6) is 0.395. The van der Waals surface area contributed by atoms with E-state index in [1.807, 2.05) is 6.07 Å². The second-order valence-electron chi connectivity index (χ2n) is 6.63. The van der Waals surface area contributed by atoms with Gasteiger partial charge in [0.15, 0.2) is 0 Å². The number of benzene rings is 2. The van der Waals surface area contributed by atoms with Gasteiger partial charge in [0.2, 0.25) is 0 Å². The van der Waals surface area contributed by atoms with E-state index in [1.54, 1.807) is 7.11 Å².